The van der Waals surface area contributed by atoms with Gasteiger partial charge in [-0.2, -0.15) is 14.8 Å². The molecule has 31 heavy (non-hydrogen) atoms. The maximum absolute atomic E-state index is 13.2. The lowest BCUT2D eigenvalue weighted by Gasteiger charge is -2.10. The molecular formula is C24H18N4O2S. The Morgan fingerprint density at radius 2 is 1.71 bits per heavy atom. The fourth-order valence-electron chi connectivity index (χ4n) is 3.40. The zero-order valence-electron chi connectivity index (χ0n) is 16.9. The van der Waals surface area contributed by atoms with Crippen LogP contribution in [0.3, 0.4) is 0 Å². The Morgan fingerprint density at radius 3 is 2.48 bits per heavy atom. The maximum atomic E-state index is 13.2. The predicted octanol–water partition coefficient (Wildman–Crippen LogP) is 5.13. The highest BCUT2D eigenvalue weighted by atomic mass is 32.2. The average Bonchev–Trinajstić information content (AvgIpc) is 3.30. The van der Waals surface area contributed by atoms with E-state index in [1.165, 1.54) is 4.68 Å². The highest BCUT2D eigenvalue weighted by Gasteiger charge is 2.19. The Labute approximate surface area is 182 Å². The molecule has 6 nitrogen and oxygen atoms in total. The van der Waals surface area contributed by atoms with Gasteiger partial charge in [-0.3, -0.25) is 4.79 Å². The summed E-state index contributed by atoms with van der Waals surface area (Å²) in [5.74, 6) is 0.740. The largest absolute Gasteiger partial charge is 0.332 e. The highest BCUT2D eigenvalue weighted by molar-refractivity contribution is 7.98. The van der Waals surface area contributed by atoms with Gasteiger partial charge in [0.2, 0.25) is 5.82 Å². The standard InChI is InChI=1S/C24H18N4O2S/c1-15-10-12-16(13-11-15)22-25-23(30-27-22)21-19-8-3-4-9-20(19)24(29)28(26-21)17-6-5-7-18(14-17)31-2/h3-14H,1-2H3. The third-order valence-corrected chi connectivity index (χ3v) is 5.77. The third kappa shape index (κ3) is 3.53. The van der Waals surface area contributed by atoms with Gasteiger partial charge in [0.1, 0.15) is 0 Å². The van der Waals surface area contributed by atoms with Crippen LogP contribution in [0.5, 0.6) is 0 Å². The maximum Gasteiger partial charge on any atom is 0.279 e. The molecule has 5 aromatic rings. The first-order chi connectivity index (χ1) is 15.1. The lowest BCUT2D eigenvalue weighted by Crippen LogP contribution is -2.22. The summed E-state index contributed by atoms with van der Waals surface area (Å²) in [7, 11) is 0. The third-order valence-electron chi connectivity index (χ3n) is 5.04. The van der Waals surface area contributed by atoms with E-state index in [9.17, 15) is 4.79 Å². The van der Waals surface area contributed by atoms with Gasteiger partial charge in [0, 0.05) is 15.8 Å². The molecule has 5 rings (SSSR count). The zero-order chi connectivity index (χ0) is 21.4. The molecule has 0 radical (unpaired) electrons. The van der Waals surface area contributed by atoms with Gasteiger partial charge >= 0.3 is 0 Å². The zero-order valence-corrected chi connectivity index (χ0v) is 17.8. The first-order valence-corrected chi connectivity index (χ1v) is 10.9. The highest BCUT2D eigenvalue weighted by Crippen LogP contribution is 2.27. The number of aryl methyl sites for hydroxylation is 1. The molecule has 0 saturated carbocycles. The molecule has 0 bridgehead atoms. The fourth-order valence-corrected chi connectivity index (χ4v) is 3.86. The van der Waals surface area contributed by atoms with E-state index in [0.717, 1.165) is 16.0 Å². The van der Waals surface area contributed by atoms with E-state index in [0.29, 0.717) is 28.0 Å². The van der Waals surface area contributed by atoms with Crippen molar-refractivity contribution in [3.8, 4) is 28.7 Å². The second-order valence-electron chi connectivity index (χ2n) is 7.10. The predicted molar refractivity (Wildman–Crippen MR) is 123 cm³/mol. The molecular weight excluding hydrogens is 408 g/mol. The number of benzene rings is 3. The second kappa shape index (κ2) is 7.85. The molecule has 152 valence electrons. The van der Waals surface area contributed by atoms with Crippen molar-refractivity contribution in [1.82, 2.24) is 19.9 Å². The van der Waals surface area contributed by atoms with E-state index >= 15 is 0 Å². The Balaban J connectivity index is 1.71. The van der Waals surface area contributed by atoms with Crippen LogP contribution in [0.15, 0.2) is 87.0 Å². The van der Waals surface area contributed by atoms with Crippen molar-refractivity contribution in [3.05, 3.63) is 88.7 Å². The fraction of sp³-hybridized carbons (Fsp3) is 0.0833. The Morgan fingerprint density at radius 1 is 0.935 bits per heavy atom. The molecule has 2 aromatic heterocycles. The van der Waals surface area contributed by atoms with Gasteiger partial charge in [0.15, 0.2) is 5.69 Å². The number of aromatic nitrogens is 4. The van der Waals surface area contributed by atoms with Crippen LogP contribution in [0.25, 0.3) is 39.4 Å². The minimum atomic E-state index is -0.198. The summed E-state index contributed by atoms with van der Waals surface area (Å²) in [5, 5.41) is 9.98. The van der Waals surface area contributed by atoms with Crippen LogP contribution in [0.4, 0.5) is 0 Å². The van der Waals surface area contributed by atoms with Crippen molar-refractivity contribution in [1.29, 1.82) is 0 Å². The summed E-state index contributed by atoms with van der Waals surface area (Å²) in [6, 6.07) is 22.9. The first kappa shape index (κ1) is 19.3. The quantitative estimate of drug-likeness (QED) is 0.371. The summed E-state index contributed by atoms with van der Waals surface area (Å²) in [5.41, 5.74) is 2.96. The lowest BCUT2D eigenvalue weighted by molar-refractivity contribution is 0.430. The van der Waals surface area contributed by atoms with E-state index in [2.05, 4.69) is 15.2 Å². The Bertz CT molecular complexity index is 1450. The molecule has 0 atom stereocenters. The van der Waals surface area contributed by atoms with Gasteiger partial charge in [0.25, 0.3) is 11.4 Å². The van der Waals surface area contributed by atoms with Crippen molar-refractivity contribution in [3.63, 3.8) is 0 Å². The molecule has 0 spiro atoms. The van der Waals surface area contributed by atoms with Crippen LogP contribution < -0.4 is 5.56 Å². The minimum Gasteiger partial charge on any atom is -0.332 e. The molecule has 0 aliphatic heterocycles. The van der Waals surface area contributed by atoms with Crippen LogP contribution in [0.2, 0.25) is 0 Å². The van der Waals surface area contributed by atoms with Crippen LogP contribution in [0.1, 0.15) is 5.56 Å². The molecule has 0 fully saturated rings. The van der Waals surface area contributed by atoms with Crippen molar-refractivity contribution in [2.45, 2.75) is 11.8 Å². The summed E-state index contributed by atoms with van der Waals surface area (Å²) < 4.78 is 6.97. The molecule has 2 heterocycles. The summed E-state index contributed by atoms with van der Waals surface area (Å²) >= 11 is 1.61. The van der Waals surface area contributed by atoms with Gasteiger partial charge in [-0.1, -0.05) is 59.3 Å². The molecule has 0 N–H and O–H groups in total. The molecule has 0 unspecified atom stereocenters. The molecule has 0 amide bonds. The van der Waals surface area contributed by atoms with E-state index in [1.54, 1.807) is 17.8 Å². The van der Waals surface area contributed by atoms with Crippen LogP contribution in [-0.2, 0) is 0 Å². The number of nitrogens with zero attached hydrogens (tertiary/aromatic N) is 4. The SMILES string of the molecule is CSc1cccc(-n2nc(-c3nc(-c4ccc(C)cc4)no3)c3ccccc3c2=O)c1. The molecule has 7 heteroatoms. The number of hydrogen-bond acceptors (Lipinski definition) is 6. The van der Waals surface area contributed by atoms with Crippen LogP contribution >= 0.6 is 11.8 Å². The normalized spacial score (nSPS) is 11.2. The van der Waals surface area contributed by atoms with E-state index in [1.807, 2.05) is 79.9 Å². The van der Waals surface area contributed by atoms with Gasteiger partial charge in [-0.05, 0) is 37.4 Å². The van der Waals surface area contributed by atoms with Crippen molar-refractivity contribution in [2.24, 2.45) is 0 Å². The molecule has 0 aliphatic rings. The summed E-state index contributed by atoms with van der Waals surface area (Å²) in [6.07, 6.45) is 1.99. The van der Waals surface area contributed by atoms with E-state index in [4.69, 9.17) is 4.52 Å². The Hall–Kier alpha value is -3.71. The summed E-state index contributed by atoms with van der Waals surface area (Å²) in [4.78, 5) is 18.8. The monoisotopic (exact) mass is 426 g/mol. The first-order valence-electron chi connectivity index (χ1n) is 9.71. The number of hydrogen-bond donors (Lipinski definition) is 0. The van der Waals surface area contributed by atoms with Crippen molar-refractivity contribution >= 4 is 22.5 Å². The van der Waals surface area contributed by atoms with E-state index < -0.39 is 0 Å². The molecule has 0 saturated heterocycles. The second-order valence-corrected chi connectivity index (χ2v) is 7.98. The van der Waals surface area contributed by atoms with Gasteiger partial charge in [-0.15, -0.1) is 11.8 Å². The average molecular weight is 427 g/mol. The Kier molecular flexibility index (Phi) is 4.88. The van der Waals surface area contributed by atoms with Gasteiger partial charge in [-0.25, -0.2) is 0 Å². The van der Waals surface area contributed by atoms with Crippen molar-refractivity contribution < 1.29 is 4.52 Å². The van der Waals surface area contributed by atoms with Crippen LogP contribution in [-0.4, -0.2) is 26.2 Å². The number of thioether (sulfide) groups is 1. The van der Waals surface area contributed by atoms with Crippen molar-refractivity contribution in [2.75, 3.05) is 6.26 Å². The van der Waals surface area contributed by atoms with E-state index in [-0.39, 0.29) is 11.4 Å². The topological polar surface area (TPSA) is 73.8 Å². The number of fused-ring (bicyclic) bond motifs is 1. The smallest absolute Gasteiger partial charge is 0.279 e. The van der Waals surface area contributed by atoms with Gasteiger partial charge in [0.05, 0.1) is 11.1 Å². The van der Waals surface area contributed by atoms with Crippen LogP contribution in [0, 0.1) is 6.92 Å². The number of rotatable bonds is 4. The minimum absolute atomic E-state index is 0.198. The lowest BCUT2D eigenvalue weighted by atomic mass is 10.1. The molecule has 3 aromatic carbocycles. The van der Waals surface area contributed by atoms with Gasteiger partial charge < -0.3 is 4.52 Å². The molecule has 0 aliphatic carbocycles. The summed E-state index contributed by atoms with van der Waals surface area (Å²) in [6.45, 7) is 2.02.